The molecular weight excluding hydrogens is 476 g/mol. The van der Waals surface area contributed by atoms with Gasteiger partial charge in [-0.2, -0.15) is 0 Å². The number of nitrogens with zero attached hydrogens (tertiary/aromatic N) is 2. The number of hydrogen-bond donors (Lipinski definition) is 1. The van der Waals surface area contributed by atoms with E-state index in [1.807, 2.05) is 37.3 Å². The number of thiazole rings is 1. The summed E-state index contributed by atoms with van der Waals surface area (Å²) >= 11 is 1.24. The van der Waals surface area contributed by atoms with Crippen LogP contribution in [0.2, 0.25) is 0 Å². The highest BCUT2D eigenvalue weighted by Crippen LogP contribution is 2.43. The first-order valence-electron chi connectivity index (χ1n) is 11.3. The second kappa shape index (κ2) is 10.1. The minimum atomic E-state index is -0.887. The third kappa shape index (κ3) is 4.46. The first kappa shape index (κ1) is 23.3. The van der Waals surface area contributed by atoms with Gasteiger partial charge in [0, 0.05) is 17.1 Å². The standard InChI is InChI=1S/C28H22N2O5S/c1-2-34-20-13-11-18(12-14-20)25(31)23-24(30(27(33)26(23)32)28-29-15-16-36-28)19-7-6-10-22(17-19)35-21-8-4-3-5-9-21/h3-17,24,31H,2H2,1H3/b25-23+/t24-/m1/s1. The van der Waals surface area contributed by atoms with Crippen molar-refractivity contribution in [3.63, 3.8) is 0 Å². The molecule has 7 nitrogen and oxygen atoms in total. The Morgan fingerprint density at radius 2 is 1.72 bits per heavy atom. The molecule has 1 atom stereocenters. The average Bonchev–Trinajstić information content (AvgIpc) is 3.52. The van der Waals surface area contributed by atoms with E-state index in [4.69, 9.17) is 9.47 Å². The third-order valence-electron chi connectivity index (χ3n) is 5.66. The van der Waals surface area contributed by atoms with E-state index in [9.17, 15) is 14.7 Å². The molecule has 180 valence electrons. The van der Waals surface area contributed by atoms with Crippen molar-refractivity contribution in [3.05, 3.63) is 107 Å². The van der Waals surface area contributed by atoms with Gasteiger partial charge in [-0.25, -0.2) is 4.98 Å². The fraction of sp³-hybridized carbons (Fsp3) is 0.107. The monoisotopic (exact) mass is 498 g/mol. The molecule has 0 bridgehead atoms. The van der Waals surface area contributed by atoms with E-state index in [1.165, 1.54) is 16.2 Å². The van der Waals surface area contributed by atoms with Gasteiger partial charge in [-0.3, -0.25) is 14.5 Å². The number of benzene rings is 3. The molecule has 1 N–H and O–H groups in total. The lowest BCUT2D eigenvalue weighted by Crippen LogP contribution is -2.29. The number of amides is 1. The van der Waals surface area contributed by atoms with Crippen LogP contribution in [0.3, 0.4) is 0 Å². The molecule has 1 fully saturated rings. The topological polar surface area (TPSA) is 89.0 Å². The molecule has 1 aliphatic heterocycles. The van der Waals surface area contributed by atoms with Crippen molar-refractivity contribution >= 4 is 33.9 Å². The zero-order valence-corrected chi connectivity index (χ0v) is 20.1. The summed E-state index contributed by atoms with van der Waals surface area (Å²) in [5.74, 6) is 0.0183. The number of carbonyl (C=O) groups is 2. The molecule has 4 aromatic rings. The van der Waals surface area contributed by atoms with Crippen LogP contribution in [-0.4, -0.2) is 28.4 Å². The number of rotatable bonds is 7. The van der Waals surface area contributed by atoms with Gasteiger partial charge in [0.15, 0.2) is 5.13 Å². The predicted molar refractivity (Wildman–Crippen MR) is 137 cm³/mol. The van der Waals surface area contributed by atoms with Gasteiger partial charge in [0.25, 0.3) is 5.78 Å². The molecule has 2 heterocycles. The maximum Gasteiger partial charge on any atom is 0.301 e. The summed E-state index contributed by atoms with van der Waals surface area (Å²) in [6.45, 7) is 2.38. The second-order valence-electron chi connectivity index (χ2n) is 7.93. The quantitative estimate of drug-likeness (QED) is 0.192. The van der Waals surface area contributed by atoms with Crippen molar-refractivity contribution in [2.45, 2.75) is 13.0 Å². The Morgan fingerprint density at radius 3 is 2.42 bits per heavy atom. The van der Waals surface area contributed by atoms with Gasteiger partial charge in [0.05, 0.1) is 18.2 Å². The van der Waals surface area contributed by atoms with Crippen LogP contribution in [0.4, 0.5) is 5.13 Å². The van der Waals surface area contributed by atoms with Gasteiger partial charge in [0.2, 0.25) is 0 Å². The first-order valence-corrected chi connectivity index (χ1v) is 12.2. The van der Waals surface area contributed by atoms with Crippen molar-refractivity contribution in [2.75, 3.05) is 11.5 Å². The van der Waals surface area contributed by atoms with E-state index < -0.39 is 17.7 Å². The third-order valence-corrected chi connectivity index (χ3v) is 6.43. The summed E-state index contributed by atoms with van der Waals surface area (Å²) in [7, 11) is 0. The molecule has 0 spiro atoms. The number of carbonyl (C=O) groups excluding carboxylic acids is 2. The molecule has 1 aliphatic rings. The van der Waals surface area contributed by atoms with Crippen LogP contribution < -0.4 is 14.4 Å². The zero-order valence-electron chi connectivity index (χ0n) is 19.3. The molecule has 1 saturated heterocycles. The van der Waals surface area contributed by atoms with E-state index in [-0.39, 0.29) is 11.3 Å². The highest BCUT2D eigenvalue weighted by molar-refractivity contribution is 7.14. The number of hydrogen-bond acceptors (Lipinski definition) is 7. The number of aliphatic hydroxyl groups excluding tert-OH is 1. The maximum absolute atomic E-state index is 13.3. The molecule has 36 heavy (non-hydrogen) atoms. The van der Waals surface area contributed by atoms with Crippen LogP contribution >= 0.6 is 11.3 Å². The number of ether oxygens (including phenoxy) is 2. The molecule has 1 aromatic heterocycles. The summed E-state index contributed by atoms with van der Waals surface area (Å²) in [4.78, 5) is 32.1. The lowest BCUT2D eigenvalue weighted by molar-refractivity contribution is -0.132. The second-order valence-corrected chi connectivity index (χ2v) is 8.80. The molecule has 3 aromatic carbocycles. The van der Waals surface area contributed by atoms with E-state index >= 15 is 0 Å². The number of Topliss-reactive ketones (excluding diaryl/α,β-unsaturated/α-hetero) is 1. The van der Waals surface area contributed by atoms with Crippen molar-refractivity contribution in [2.24, 2.45) is 0 Å². The van der Waals surface area contributed by atoms with Crippen LogP contribution in [-0.2, 0) is 9.59 Å². The summed E-state index contributed by atoms with van der Waals surface area (Å²) in [5.41, 5.74) is 0.985. The van der Waals surface area contributed by atoms with E-state index in [0.717, 1.165) is 0 Å². The Labute approximate surface area is 211 Å². The number of anilines is 1. The fourth-order valence-corrected chi connectivity index (χ4v) is 4.75. The minimum absolute atomic E-state index is 0.0174. The van der Waals surface area contributed by atoms with Gasteiger partial charge < -0.3 is 14.6 Å². The largest absolute Gasteiger partial charge is 0.507 e. The van der Waals surface area contributed by atoms with Crippen LogP contribution in [0.5, 0.6) is 17.2 Å². The van der Waals surface area contributed by atoms with Crippen molar-refractivity contribution in [1.82, 2.24) is 4.98 Å². The van der Waals surface area contributed by atoms with E-state index in [1.54, 1.807) is 60.1 Å². The highest BCUT2D eigenvalue weighted by Gasteiger charge is 2.48. The normalized spacial score (nSPS) is 16.8. The Morgan fingerprint density at radius 1 is 0.972 bits per heavy atom. The van der Waals surface area contributed by atoms with Crippen molar-refractivity contribution in [3.8, 4) is 17.2 Å². The maximum atomic E-state index is 13.3. The van der Waals surface area contributed by atoms with Gasteiger partial charge in [-0.05, 0) is 61.0 Å². The number of aromatic nitrogens is 1. The van der Waals surface area contributed by atoms with Crippen molar-refractivity contribution in [1.29, 1.82) is 0 Å². The SMILES string of the molecule is CCOc1ccc(/C(O)=C2\C(=O)C(=O)N(c3nccs3)[C@@H]2c2cccc(Oc3ccccc3)c2)cc1. The lowest BCUT2D eigenvalue weighted by Gasteiger charge is -2.23. The van der Waals surface area contributed by atoms with Crippen molar-refractivity contribution < 1.29 is 24.2 Å². The molecule has 0 radical (unpaired) electrons. The highest BCUT2D eigenvalue weighted by atomic mass is 32.1. The fourth-order valence-electron chi connectivity index (χ4n) is 4.08. The first-order chi connectivity index (χ1) is 17.6. The molecule has 0 aliphatic carbocycles. The predicted octanol–water partition coefficient (Wildman–Crippen LogP) is 5.96. The van der Waals surface area contributed by atoms with Gasteiger partial charge in [-0.1, -0.05) is 30.3 Å². The van der Waals surface area contributed by atoms with Crippen LogP contribution in [0.15, 0.2) is 96.0 Å². The summed E-state index contributed by atoms with van der Waals surface area (Å²) in [5, 5.41) is 13.4. The number of para-hydroxylation sites is 1. The molecule has 0 saturated carbocycles. The number of aliphatic hydroxyl groups is 1. The van der Waals surface area contributed by atoms with Gasteiger partial charge in [0.1, 0.15) is 23.0 Å². The summed E-state index contributed by atoms with van der Waals surface area (Å²) < 4.78 is 11.5. The smallest absolute Gasteiger partial charge is 0.301 e. The number of ketones is 1. The zero-order chi connectivity index (χ0) is 25.1. The Bertz CT molecular complexity index is 1420. The van der Waals surface area contributed by atoms with Gasteiger partial charge in [-0.15, -0.1) is 11.3 Å². The van der Waals surface area contributed by atoms with E-state index in [0.29, 0.717) is 40.1 Å². The average molecular weight is 499 g/mol. The van der Waals surface area contributed by atoms with E-state index in [2.05, 4.69) is 4.98 Å². The Balaban J connectivity index is 1.61. The molecule has 1 amide bonds. The molecule has 5 rings (SSSR count). The minimum Gasteiger partial charge on any atom is -0.507 e. The van der Waals surface area contributed by atoms with Crippen LogP contribution in [0.25, 0.3) is 5.76 Å². The lowest BCUT2D eigenvalue weighted by atomic mass is 9.95. The summed E-state index contributed by atoms with van der Waals surface area (Å²) in [6, 6.07) is 22.3. The molecular formula is C28H22N2O5S. The van der Waals surface area contributed by atoms with Crippen LogP contribution in [0.1, 0.15) is 24.1 Å². The Kier molecular flexibility index (Phi) is 6.51. The van der Waals surface area contributed by atoms with Crippen LogP contribution in [0, 0.1) is 0 Å². The Hall–Kier alpha value is -4.43. The molecule has 0 unspecified atom stereocenters. The van der Waals surface area contributed by atoms with Gasteiger partial charge >= 0.3 is 5.91 Å². The summed E-state index contributed by atoms with van der Waals surface area (Å²) in [6.07, 6.45) is 1.57. The molecule has 8 heteroatoms.